The summed E-state index contributed by atoms with van der Waals surface area (Å²) in [5.74, 6) is 2.20. The molecule has 8 nitrogen and oxygen atoms in total. The molecule has 1 aromatic heterocycles. The average molecular weight is 599 g/mol. The fourth-order valence-electron chi connectivity index (χ4n) is 6.05. The molecule has 43 heavy (non-hydrogen) atoms. The summed E-state index contributed by atoms with van der Waals surface area (Å²) < 4.78 is 17.8. The first kappa shape index (κ1) is 28.8. The third-order valence-electron chi connectivity index (χ3n) is 8.26. The van der Waals surface area contributed by atoms with Gasteiger partial charge in [-0.05, 0) is 98.5 Å². The highest BCUT2D eigenvalue weighted by molar-refractivity contribution is 6.31. The molecule has 1 amide bonds. The lowest BCUT2D eigenvalue weighted by Gasteiger charge is -2.35. The van der Waals surface area contributed by atoms with Crippen molar-refractivity contribution < 1.29 is 19.0 Å². The molecule has 1 N–H and O–H groups in total. The maximum Gasteiger partial charge on any atom is 0.416 e. The molecule has 2 aliphatic rings. The predicted molar refractivity (Wildman–Crippen MR) is 170 cm³/mol. The van der Waals surface area contributed by atoms with E-state index in [0.29, 0.717) is 47.8 Å². The number of ether oxygens (including phenoxy) is 3. The molecule has 0 radical (unpaired) electrons. The van der Waals surface area contributed by atoms with Crippen molar-refractivity contribution in [2.75, 3.05) is 20.3 Å². The molecule has 3 heterocycles. The highest BCUT2D eigenvalue weighted by Crippen LogP contribution is 2.42. The maximum absolute atomic E-state index is 13.6. The van der Waals surface area contributed by atoms with Gasteiger partial charge in [0, 0.05) is 40.1 Å². The number of para-hydroxylation sites is 1. The third-order valence-corrected chi connectivity index (χ3v) is 8.50. The van der Waals surface area contributed by atoms with Crippen LogP contribution in [0, 0.1) is 5.92 Å². The second-order valence-electron chi connectivity index (χ2n) is 10.9. The fourth-order valence-corrected chi connectivity index (χ4v) is 6.22. The summed E-state index contributed by atoms with van der Waals surface area (Å²) in [7, 11) is 1.63. The summed E-state index contributed by atoms with van der Waals surface area (Å²) in [6, 6.07) is 20.4. The van der Waals surface area contributed by atoms with Crippen LogP contribution in [0.4, 0.5) is 4.79 Å². The van der Waals surface area contributed by atoms with Crippen LogP contribution >= 0.6 is 11.6 Å². The van der Waals surface area contributed by atoms with Crippen molar-refractivity contribution >= 4 is 40.5 Å². The number of benzene rings is 3. The molecule has 2 unspecified atom stereocenters. The minimum Gasteiger partial charge on any atom is -0.493 e. The van der Waals surface area contributed by atoms with Gasteiger partial charge in [0.1, 0.15) is 11.8 Å². The molecule has 0 aliphatic carbocycles. The molecular formula is C34H35ClN4O4. The van der Waals surface area contributed by atoms with Crippen molar-refractivity contribution in [3.8, 4) is 17.2 Å². The highest BCUT2D eigenvalue weighted by atomic mass is 35.5. The largest absolute Gasteiger partial charge is 0.493 e. The lowest BCUT2D eigenvalue weighted by atomic mass is 9.92. The van der Waals surface area contributed by atoms with Crippen molar-refractivity contribution in [2.24, 2.45) is 16.1 Å². The van der Waals surface area contributed by atoms with E-state index in [0.717, 1.165) is 59.1 Å². The van der Waals surface area contributed by atoms with Crippen molar-refractivity contribution in [2.45, 2.75) is 45.1 Å². The minimum absolute atomic E-state index is 0.416. The number of halogens is 1. The highest BCUT2D eigenvalue weighted by Gasteiger charge is 2.36. The number of fused-ring (bicyclic) bond motifs is 3. The summed E-state index contributed by atoms with van der Waals surface area (Å²) in [5.41, 5.74) is 5.03. The number of methoxy groups -OCH3 is 1. The van der Waals surface area contributed by atoms with E-state index in [-0.39, 0.29) is 0 Å². The van der Waals surface area contributed by atoms with E-state index >= 15 is 0 Å². The van der Waals surface area contributed by atoms with Crippen LogP contribution in [0.25, 0.3) is 10.9 Å². The van der Waals surface area contributed by atoms with E-state index in [1.165, 1.54) is 0 Å². The molecule has 9 heteroatoms. The van der Waals surface area contributed by atoms with Gasteiger partial charge in [-0.25, -0.2) is 4.79 Å². The number of amides is 1. The number of nitrogens with zero attached hydrogens (tertiary/aromatic N) is 3. The number of aromatic amines is 1. The monoisotopic (exact) mass is 598 g/mol. The lowest BCUT2D eigenvalue weighted by molar-refractivity contribution is 0.135. The molecule has 2 atom stereocenters. The Morgan fingerprint density at radius 1 is 1.09 bits per heavy atom. The first-order valence-corrected chi connectivity index (χ1v) is 15.1. The number of rotatable bonds is 8. The van der Waals surface area contributed by atoms with E-state index in [4.69, 9.17) is 25.8 Å². The molecule has 0 saturated carbocycles. The number of H-pyrrole nitrogens is 1. The van der Waals surface area contributed by atoms with Crippen LogP contribution in [-0.4, -0.2) is 48.2 Å². The number of nitrogens with one attached hydrogen (secondary N) is 1. The van der Waals surface area contributed by atoms with Crippen molar-refractivity contribution in [1.82, 2.24) is 9.88 Å². The summed E-state index contributed by atoms with van der Waals surface area (Å²) in [6.07, 6.45) is 6.03. The topological polar surface area (TPSA) is 88.5 Å². The van der Waals surface area contributed by atoms with Crippen molar-refractivity contribution in [3.63, 3.8) is 0 Å². The number of hydrogen-bond donors (Lipinski definition) is 1. The second kappa shape index (κ2) is 12.9. The van der Waals surface area contributed by atoms with Crippen molar-refractivity contribution in [1.29, 1.82) is 0 Å². The van der Waals surface area contributed by atoms with Crippen LogP contribution in [0.3, 0.4) is 0 Å². The molecule has 0 spiro atoms. The van der Waals surface area contributed by atoms with E-state index in [2.05, 4.69) is 15.2 Å². The zero-order valence-electron chi connectivity index (χ0n) is 24.4. The first-order chi connectivity index (χ1) is 21.0. The second-order valence-corrected chi connectivity index (χ2v) is 11.4. The molecule has 6 rings (SSSR count). The quantitative estimate of drug-likeness (QED) is 0.208. The third kappa shape index (κ3) is 6.25. The molecule has 0 fully saturated rings. The smallest absolute Gasteiger partial charge is 0.416 e. The maximum atomic E-state index is 13.6. The normalized spacial score (nSPS) is 18.1. The summed E-state index contributed by atoms with van der Waals surface area (Å²) in [5, 5.41) is 10.1. The first-order valence-electron chi connectivity index (χ1n) is 14.7. The van der Waals surface area contributed by atoms with E-state index in [9.17, 15) is 4.79 Å². The van der Waals surface area contributed by atoms with Crippen LogP contribution in [0.1, 0.15) is 55.5 Å². The number of aromatic nitrogens is 1. The average Bonchev–Trinajstić information content (AvgIpc) is 3.26. The Morgan fingerprint density at radius 2 is 1.95 bits per heavy atom. The SMILES string of the molecule is COc1cc(C2c3[nH]c4ccc(Cl)cc4c3CCN2C(=O)Oc2ccccc2)ccc1OCCCC1CCC=NN=C1C. The van der Waals surface area contributed by atoms with Gasteiger partial charge in [0.2, 0.25) is 0 Å². The Morgan fingerprint density at radius 3 is 2.79 bits per heavy atom. The van der Waals surface area contributed by atoms with Crippen LogP contribution in [-0.2, 0) is 6.42 Å². The molecule has 3 aromatic carbocycles. The van der Waals surface area contributed by atoms with Crippen LogP contribution in [0.2, 0.25) is 5.02 Å². The van der Waals surface area contributed by atoms with Crippen molar-refractivity contribution in [3.05, 3.63) is 88.6 Å². The Kier molecular flexibility index (Phi) is 8.65. The predicted octanol–water partition coefficient (Wildman–Crippen LogP) is 7.99. The van der Waals surface area contributed by atoms with Gasteiger partial charge in [-0.3, -0.25) is 4.90 Å². The zero-order chi connectivity index (χ0) is 29.8. The van der Waals surface area contributed by atoms with Gasteiger partial charge < -0.3 is 19.2 Å². The molecule has 4 aromatic rings. The molecule has 2 aliphatic heterocycles. The Labute approximate surface area is 256 Å². The van der Waals surface area contributed by atoms with Gasteiger partial charge in [0.25, 0.3) is 0 Å². The van der Waals surface area contributed by atoms with E-state index < -0.39 is 12.1 Å². The fraction of sp³-hybridized carbons (Fsp3) is 0.324. The lowest BCUT2D eigenvalue weighted by Crippen LogP contribution is -2.42. The summed E-state index contributed by atoms with van der Waals surface area (Å²) in [6.45, 7) is 3.10. The summed E-state index contributed by atoms with van der Waals surface area (Å²) >= 11 is 6.37. The Hall–Kier alpha value is -4.30. The minimum atomic E-state index is -0.422. The molecule has 0 saturated heterocycles. The molecule has 222 valence electrons. The van der Waals surface area contributed by atoms with E-state index in [1.807, 2.05) is 67.7 Å². The van der Waals surface area contributed by atoms with Gasteiger partial charge >= 0.3 is 6.09 Å². The number of hydrogen-bond acceptors (Lipinski definition) is 6. The number of carbonyl (C=O) groups is 1. The van der Waals surface area contributed by atoms with E-state index in [1.54, 1.807) is 24.1 Å². The Balaban J connectivity index is 1.26. The van der Waals surface area contributed by atoms with Crippen LogP contribution in [0.15, 0.2) is 76.9 Å². The van der Waals surface area contributed by atoms with Gasteiger partial charge in [0.15, 0.2) is 11.5 Å². The van der Waals surface area contributed by atoms with Gasteiger partial charge in [0.05, 0.1) is 13.7 Å². The van der Waals surface area contributed by atoms with Crippen LogP contribution in [0.5, 0.6) is 17.2 Å². The summed E-state index contributed by atoms with van der Waals surface area (Å²) in [4.78, 5) is 18.9. The van der Waals surface area contributed by atoms with Gasteiger partial charge in [-0.15, -0.1) is 0 Å². The van der Waals surface area contributed by atoms with Crippen LogP contribution < -0.4 is 14.2 Å². The molecular weight excluding hydrogens is 564 g/mol. The van der Waals surface area contributed by atoms with Gasteiger partial charge in [-0.1, -0.05) is 35.9 Å². The Bertz CT molecular complexity index is 1670. The standard InChI is InChI=1S/C34H35ClN4O4/c1-22-23(8-6-17-36-38-22)9-7-19-42-30-15-12-24(20-31(30)41-2)33-32-27(28-21-25(35)13-14-29(28)37-32)16-18-39(33)34(40)43-26-10-4-3-5-11-26/h3-5,10-15,17,20-21,23,33,37H,6-9,16,18-19H2,1-2H3. The molecule has 0 bridgehead atoms. The van der Waals surface area contributed by atoms with Gasteiger partial charge in [-0.2, -0.15) is 10.2 Å². The zero-order valence-corrected chi connectivity index (χ0v) is 25.1. The number of carbonyl (C=O) groups excluding carboxylic acids is 1.